The van der Waals surface area contributed by atoms with Crippen molar-refractivity contribution < 1.29 is 9.18 Å². The van der Waals surface area contributed by atoms with Crippen LogP contribution >= 0.6 is 11.6 Å². The zero-order chi connectivity index (χ0) is 20.1. The molecular formula is C18H22ClFN4O3. The summed E-state index contributed by atoms with van der Waals surface area (Å²) in [6.07, 6.45) is 1.96. The Morgan fingerprint density at radius 3 is 2.59 bits per heavy atom. The molecule has 1 amide bonds. The van der Waals surface area contributed by atoms with Crippen LogP contribution in [-0.4, -0.2) is 22.0 Å². The van der Waals surface area contributed by atoms with Crippen LogP contribution in [0, 0.1) is 5.82 Å². The number of amides is 1. The number of nitrogens with two attached hydrogens (primary N) is 1. The quantitative estimate of drug-likeness (QED) is 0.751. The van der Waals surface area contributed by atoms with Crippen LogP contribution < -0.4 is 21.9 Å². The Hall–Kier alpha value is -2.61. The molecule has 0 aliphatic carbocycles. The van der Waals surface area contributed by atoms with Gasteiger partial charge < -0.3 is 10.6 Å². The van der Waals surface area contributed by atoms with Gasteiger partial charge in [0.05, 0.1) is 10.6 Å². The van der Waals surface area contributed by atoms with Gasteiger partial charge in [0.2, 0.25) is 0 Å². The van der Waals surface area contributed by atoms with E-state index in [1.54, 1.807) is 0 Å². The summed E-state index contributed by atoms with van der Waals surface area (Å²) >= 11 is 6.02. The van der Waals surface area contributed by atoms with Crippen LogP contribution in [0.4, 0.5) is 15.9 Å². The number of benzene rings is 1. The van der Waals surface area contributed by atoms with Crippen LogP contribution in [0.3, 0.4) is 0 Å². The largest absolute Gasteiger partial charge is 0.383 e. The number of hydrogen-bond donors (Lipinski definition) is 2. The van der Waals surface area contributed by atoms with Gasteiger partial charge in [-0.25, -0.2) is 9.18 Å². The summed E-state index contributed by atoms with van der Waals surface area (Å²) in [5.74, 6) is -1.26. The molecule has 146 valence electrons. The third-order valence-electron chi connectivity index (χ3n) is 4.07. The highest BCUT2D eigenvalue weighted by Gasteiger charge is 2.26. The molecule has 0 radical (unpaired) electrons. The highest BCUT2D eigenvalue weighted by atomic mass is 35.5. The maximum atomic E-state index is 13.3. The van der Waals surface area contributed by atoms with Crippen LogP contribution in [0.15, 0.2) is 27.8 Å². The number of H-pyrrole nitrogens is 1. The predicted octanol–water partition coefficient (Wildman–Crippen LogP) is 2.77. The highest BCUT2D eigenvalue weighted by Crippen LogP contribution is 2.24. The van der Waals surface area contributed by atoms with Crippen molar-refractivity contribution in [2.45, 2.75) is 39.7 Å². The van der Waals surface area contributed by atoms with Crippen molar-refractivity contribution in [3.8, 4) is 0 Å². The number of aromatic nitrogens is 2. The molecule has 1 heterocycles. The predicted molar refractivity (Wildman–Crippen MR) is 104 cm³/mol. The maximum absolute atomic E-state index is 13.3. The topological polar surface area (TPSA) is 101 Å². The van der Waals surface area contributed by atoms with E-state index < -0.39 is 23.0 Å². The van der Waals surface area contributed by atoms with E-state index in [0.717, 1.165) is 18.6 Å². The maximum Gasteiger partial charge on any atom is 0.330 e. The first-order valence-electron chi connectivity index (χ1n) is 8.71. The molecule has 9 heteroatoms. The molecular weight excluding hydrogens is 375 g/mol. The lowest BCUT2D eigenvalue weighted by Gasteiger charge is -2.25. The number of hydrogen-bond acceptors (Lipinski definition) is 4. The van der Waals surface area contributed by atoms with Gasteiger partial charge in [-0.2, -0.15) is 0 Å². The summed E-state index contributed by atoms with van der Waals surface area (Å²) in [6.45, 7) is 4.27. The summed E-state index contributed by atoms with van der Waals surface area (Å²) in [7, 11) is 0. The Kier molecular flexibility index (Phi) is 6.79. The summed E-state index contributed by atoms with van der Waals surface area (Å²) in [5.41, 5.74) is 4.62. The van der Waals surface area contributed by atoms with E-state index in [1.807, 2.05) is 13.8 Å². The second-order valence-electron chi connectivity index (χ2n) is 6.08. The lowest BCUT2D eigenvalue weighted by atomic mass is 10.1. The molecule has 0 saturated carbocycles. The van der Waals surface area contributed by atoms with Crippen LogP contribution in [0.2, 0.25) is 5.02 Å². The van der Waals surface area contributed by atoms with Crippen LogP contribution in [0.1, 0.15) is 43.5 Å². The minimum Gasteiger partial charge on any atom is -0.383 e. The first-order chi connectivity index (χ1) is 12.8. The molecule has 0 aliphatic rings. The average molecular weight is 397 g/mol. The highest BCUT2D eigenvalue weighted by molar-refractivity contribution is 6.34. The second kappa shape index (κ2) is 8.85. The molecule has 0 unspecified atom stereocenters. The summed E-state index contributed by atoms with van der Waals surface area (Å²) in [6, 6.07) is 3.40. The number of nitrogens with one attached hydrogen (secondary N) is 1. The second-order valence-corrected chi connectivity index (χ2v) is 6.49. The Morgan fingerprint density at radius 2 is 2.00 bits per heavy atom. The zero-order valence-electron chi connectivity index (χ0n) is 15.2. The van der Waals surface area contributed by atoms with Gasteiger partial charge >= 0.3 is 5.69 Å². The van der Waals surface area contributed by atoms with Crippen molar-refractivity contribution >= 4 is 29.0 Å². The minimum atomic E-state index is -0.757. The lowest BCUT2D eigenvalue weighted by Crippen LogP contribution is -2.41. The van der Waals surface area contributed by atoms with E-state index in [4.69, 9.17) is 17.3 Å². The van der Waals surface area contributed by atoms with E-state index in [2.05, 4.69) is 4.98 Å². The number of halogens is 2. The third-order valence-corrected chi connectivity index (χ3v) is 4.39. The summed E-state index contributed by atoms with van der Waals surface area (Å²) in [5, 5.41) is -0.0709. The summed E-state index contributed by atoms with van der Waals surface area (Å²) < 4.78 is 14.5. The van der Waals surface area contributed by atoms with Crippen molar-refractivity contribution in [1.29, 1.82) is 0 Å². The first-order valence-corrected chi connectivity index (χ1v) is 9.09. The molecule has 0 atom stereocenters. The number of rotatable bonds is 7. The number of carbonyl (C=O) groups is 1. The lowest BCUT2D eigenvalue weighted by molar-refractivity contribution is 0.0986. The third kappa shape index (κ3) is 4.39. The van der Waals surface area contributed by atoms with Gasteiger partial charge in [-0.05, 0) is 31.0 Å². The number of unbranched alkanes of at least 4 members (excludes halogenated alkanes) is 1. The SMILES string of the molecule is CCCCN(C(=O)c1ccc(F)cc1Cl)c1c(N)n(CCC)c(=O)[nH]c1=O. The molecule has 1 aromatic heterocycles. The fourth-order valence-corrected chi connectivity index (χ4v) is 2.97. The van der Waals surface area contributed by atoms with Gasteiger partial charge in [0, 0.05) is 13.1 Å². The fraction of sp³-hybridized carbons (Fsp3) is 0.389. The van der Waals surface area contributed by atoms with E-state index in [0.29, 0.717) is 19.4 Å². The molecule has 0 saturated heterocycles. The van der Waals surface area contributed by atoms with Gasteiger partial charge in [0.1, 0.15) is 11.6 Å². The summed E-state index contributed by atoms with van der Waals surface area (Å²) in [4.78, 5) is 41.0. The van der Waals surface area contributed by atoms with Crippen LogP contribution in [-0.2, 0) is 6.54 Å². The van der Waals surface area contributed by atoms with Gasteiger partial charge in [-0.3, -0.25) is 19.1 Å². The van der Waals surface area contributed by atoms with Crippen molar-refractivity contribution in [2.75, 3.05) is 17.2 Å². The fourth-order valence-electron chi connectivity index (χ4n) is 2.72. The Balaban J connectivity index is 2.63. The molecule has 1 aromatic carbocycles. The van der Waals surface area contributed by atoms with Gasteiger partial charge in [0.15, 0.2) is 5.69 Å². The van der Waals surface area contributed by atoms with E-state index in [9.17, 15) is 18.8 Å². The molecule has 7 nitrogen and oxygen atoms in total. The van der Waals surface area contributed by atoms with E-state index >= 15 is 0 Å². The molecule has 0 fully saturated rings. The first kappa shape index (κ1) is 20.7. The molecule has 3 N–H and O–H groups in total. The molecule has 0 spiro atoms. The Labute approximate surface area is 160 Å². The van der Waals surface area contributed by atoms with Gasteiger partial charge in [-0.1, -0.05) is 31.9 Å². The average Bonchev–Trinajstić information content (AvgIpc) is 2.60. The van der Waals surface area contributed by atoms with Crippen LogP contribution in [0.25, 0.3) is 0 Å². The molecule has 0 bridgehead atoms. The number of nitrogens with zero attached hydrogens (tertiary/aromatic N) is 2. The molecule has 27 heavy (non-hydrogen) atoms. The Bertz CT molecular complexity index is 955. The minimum absolute atomic E-state index is 0.0428. The number of carbonyl (C=O) groups excluding carboxylic acids is 1. The number of anilines is 2. The van der Waals surface area contributed by atoms with Gasteiger partial charge in [0.25, 0.3) is 11.5 Å². The molecule has 2 rings (SSSR count). The zero-order valence-corrected chi connectivity index (χ0v) is 16.0. The number of nitrogen functional groups attached to an aromatic ring is 1. The Morgan fingerprint density at radius 1 is 1.30 bits per heavy atom. The normalized spacial score (nSPS) is 10.8. The monoisotopic (exact) mass is 396 g/mol. The number of aromatic amines is 1. The van der Waals surface area contributed by atoms with Crippen molar-refractivity contribution in [3.05, 3.63) is 55.4 Å². The van der Waals surface area contributed by atoms with E-state index in [-0.39, 0.29) is 28.6 Å². The standard InChI is InChI=1S/C18H22ClFN4O3/c1-3-5-9-23(17(26)12-7-6-11(20)10-13(12)19)14-15(21)24(8-4-2)18(27)22-16(14)25/h6-7,10H,3-5,8-9,21H2,1-2H3,(H,22,25,27). The van der Waals surface area contributed by atoms with Crippen molar-refractivity contribution in [2.24, 2.45) is 0 Å². The smallest absolute Gasteiger partial charge is 0.330 e. The van der Waals surface area contributed by atoms with E-state index in [1.165, 1.54) is 15.5 Å². The molecule has 2 aromatic rings. The van der Waals surface area contributed by atoms with Crippen molar-refractivity contribution in [1.82, 2.24) is 9.55 Å². The van der Waals surface area contributed by atoms with Gasteiger partial charge in [-0.15, -0.1) is 0 Å². The molecule has 0 aliphatic heterocycles. The van der Waals surface area contributed by atoms with Crippen molar-refractivity contribution in [3.63, 3.8) is 0 Å². The van der Waals surface area contributed by atoms with Crippen LogP contribution in [0.5, 0.6) is 0 Å².